The van der Waals surface area contributed by atoms with Crippen LogP contribution in [0.15, 0.2) is 22.9 Å². The molecule has 2 heterocycles. The van der Waals surface area contributed by atoms with E-state index in [1.54, 1.807) is 12.3 Å². The highest BCUT2D eigenvalue weighted by molar-refractivity contribution is 9.10. The Balaban J connectivity index is 2.23. The van der Waals surface area contributed by atoms with E-state index in [1.165, 1.54) is 11.1 Å². The second kappa shape index (κ2) is 5.45. The molecule has 6 nitrogen and oxygen atoms in total. The summed E-state index contributed by atoms with van der Waals surface area (Å²) in [7, 11) is 0. The van der Waals surface area contributed by atoms with E-state index in [2.05, 4.69) is 26.2 Å². The minimum atomic E-state index is -0.606. The molecule has 0 saturated carbocycles. The molecule has 0 aliphatic carbocycles. The first-order chi connectivity index (χ1) is 8.59. The van der Waals surface area contributed by atoms with Gasteiger partial charge in [0.1, 0.15) is 6.04 Å². The van der Waals surface area contributed by atoms with Crippen LogP contribution in [0.25, 0.3) is 0 Å². The van der Waals surface area contributed by atoms with E-state index in [0.717, 1.165) is 4.47 Å². The smallest absolute Gasteiger partial charge is 0.256 e. The van der Waals surface area contributed by atoms with Gasteiger partial charge in [-0.1, -0.05) is 0 Å². The van der Waals surface area contributed by atoms with Crippen molar-refractivity contribution in [1.82, 2.24) is 15.2 Å². The third-order valence-corrected chi connectivity index (χ3v) is 3.22. The predicted molar refractivity (Wildman–Crippen MR) is 68.8 cm³/mol. The fraction of sp³-hybridized carbons (Fsp3) is 0.364. The Labute approximate surface area is 113 Å². The molecule has 1 aliphatic heterocycles. The summed E-state index contributed by atoms with van der Waals surface area (Å²) in [4.78, 5) is 29.1. The molecule has 1 fully saturated rings. The van der Waals surface area contributed by atoms with Crippen molar-refractivity contribution in [3.05, 3.63) is 28.5 Å². The molecule has 1 aliphatic rings. The number of aromatic nitrogens is 1. The number of piperazine rings is 1. The summed E-state index contributed by atoms with van der Waals surface area (Å²) in [6.45, 7) is 1.50. The summed E-state index contributed by atoms with van der Waals surface area (Å²) in [6.07, 6.45) is 3.08. The molecule has 3 N–H and O–H groups in total. The molecule has 1 unspecified atom stereocenters. The first-order valence-electron chi connectivity index (χ1n) is 5.51. The zero-order valence-corrected chi connectivity index (χ0v) is 11.2. The van der Waals surface area contributed by atoms with Gasteiger partial charge in [0.2, 0.25) is 5.91 Å². The molecule has 2 rings (SSSR count). The lowest BCUT2D eigenvalue weighted by Crippen LogP contribution is -2.58. The zero-order chi connectivity index (χ0) is 13.1. The van der Waals surface area contributed by atoms with Crippen LogP contribution in [0.4, 0.5) is 0 Å². The second-order valence-electron chi connectivity index (χ2n) is 4.01. The van der Waals surface area contributed by atoms with Crippen molar-refractivity contribution in [3.63, 3.8) is 0 Å². The Kier molecular flexibility index (Phi) is 3.93. The molecule has 7 heteroatoms. The van der Waals surface area contributed by atoms with Crippen LogP contribution in [0, 0.1) is 0 Å². The fourth-order valence-corrected chi connectivity index (χ4v) is 2.26. The van der Waals surface area contributed by atoms with Gasteiger partial charge in [-0.3, -0.25) is 14.6 Å². The number of carbonyl (C=O) groups excluding carboxylic acids is 2. The predicted octanol–water partition coefficient (Wildman–Crippen LogP) is -0.257. The van der Waals surface area contributed by atoms with E-state index < -0.39 is 11.9 Å². The molecule has 18 heavy (non-hydrogen) atoms. The van der Waals surface area contributed by atoms with Crippen molar-refractivity contribution in [2.45, 2.75) is 6.04 Å². The van der Waals surface area contributed by atoms with Crippen molar-refractivity contribution >= 4 is 27.7 Å². The molecule has 1 atom stereocenters. The standard InChI is InChI=1S/C11H13BrN4O2/c12-8-3-7(4-15-5-8)11(18)16-2-1-14-6-9(16)10(13)17/h3-5,9,14H,1-2,6H2,(H2,13,17). The third-order valence-electron chi connectivity index (χ3n) is 2.78. The van der Waals surface area contributed by atoms with Crippen LogP contribution in [0.5, 0.6) is 0 Å². The van der Waals surface area contributed by atoms with Gasteiger partial charge in [-0.25, -0.2) is 0 Å². The SMILES string of the molecule is NC(=O)C1CNCCN1C(=O)c1cncc(Br)c1. The summed E-state index contributed by atoms with van der Waals surface area (Å²) < 4.78 is 0.721. The van der Waals surface area contributed by atoms with Gasteiger partial charge in [0, 0.05) is 36.5 Å². The van der Waals surface area contributed by atoms with Gasteiger partial charge >= 0.3 is 0 Å². The highest BCUT2D eigenvalue weighted by Crippen LogP contribution is 2.14. The number of pyridine rings is 1. The van der Waals surface area contributed by atoms with E-state index in [4.69, 9.17) is 5.73 Å². The number of hydrogen-bond acceptors (Lipinski definition) is 4. The lowest BCUT2D eigenvalue weighted by atomic mass is 10.1. The quantitative estimate of drug-likeness (QED) is 0.788. The largest absolute Gasteiger partial charge is 0.368 e. The molecule has 0 aromatic carbocycles. The highest BCUT2D eigenvalue weighted by atomic mass is 79.9. The highest BCUT2D eigenvalue weighted by Gasteiger charge is 2.31. The van der Waals surface area contributed by atoms with Gasteiger partial charge in [-0.15, -0.1) is 0 Å². The van der Waals surface area contributed by atoms with Crippen LogP contribution in [0.3, 0.4) is 0 Å². The van der Waals surface area contributed by atoms with E-state index in [1.807, 2.05) is 0 Å². The Morgan fingerprint density at radius 1 is 1.50 bits per heavy atom. The van der Waals surface area contributed by atoms with Gasteiger partial charge in [-0.05, 0) is 22.0 Å². The van der Waals surface area contributed by atoms with Gasteiger partial charge < -0.3 is 16.0 Å². The molecular formula is C11H13BrN4O2. The second-order valence-corrected chi connectivity index (χ2v) is 4.93. The Bertz CT molecular complexity index is 480. The monoisotopic (exact) mass is 312 g/mol. The van der Waals surface area contributed by atoms with Crippen molar-refractivity contribution in [2.24, 2.45) is 5.73 Å². The molecule has 0 bridgehead atoms. The van der Waals surface area contributed by atoms with Crippen LogP contribution >= 0.6 is 15.9 Å². The third kappa shape index (κ3) is 2.68. The number of carbonyl (C=O) groups is 2. The number of nitrogens with zero attached hydrogens (tertiary/aromatic N) is 2. The van der Waals surface area contributed by atoms with Gasteiger partial charge in [0.05, 0.1) is 5.56 Å². The van der Waals surface area contributed by atoms with Crippen molar-refractivity contribution in [3.8, 4) is 0 Å². The molecule has 0 spiro atoms. The normalized spacial score (nSPS) is 19.6. The zero-order valence-electron chi connectivity index (χ0n) is 9.60. The van der Waals surface area contributed by atoms with Crippen LogP contribution in [-0.4, -0.2) is 47.4 Å². The number of hydrogen-bond donors (Lipinski definition) is 2. The van der Waals surface area contributed by atoms with Crippen molar-refractivity contribution in [2.75, 3.05) is 19.6 Å². The maximum absolute atomic E-state index is 12.3. The number of primary amides is 1. The molecular weight excluding hydrogens is 300 g/mol. The topological polar surface area (TPSA) is 88.3 Å². The van der Waals surface area contributed by atoms with Gasteiger partial charge in [0.25, 0.3) is 5.91 Å². The minimum Gasteiger partial charge on any atom is -0.368 e. The summed E-state index contributed by atoms with van der Waals surface area (Å²) in [5, 5.41) is 3.04. The fourth-order valence-electron chi connectivity index (χ4n) is 1.90. The minimum absolute atomic E-state index is 0.228. The summed E-state index contributed by atoms with van der Waals surface area (Å²) in [5.41, 5.74) is 5.75. The Morgan fingerprint density at radius 3 is 2.94 bits per heavy atom. The van der Waals surface area contributed by atoms with E-state index in [0.29, 0.717) is 25.2 Å². The lowest BCUT2D eigenvalue weighted by molar-refractivity contribution is -0.122. The van der Waals surface area contributed by atoms with Gasteiger partial charge in [0.15, 0.2) is 0 Å². The maximum atomic E-state index is 12.3. The van der Waals surface area contributed by atoms with E-state index in [9.17, 15) is 9.59 Å². The summed E-state index contributed by atoms with van der Waals surface area (Å²) in [6, 6.07) is 1.07. The van der Waals surface area contributed by atoms with Crippen molar-refractivity contribution in [1.29, 1.82) is 0 Å². The average Bonchev–Trinajstić information content (AvgIpc) is 2.38. The number of nitrogens with two attached hydrogens (primary N) is 1. The Hall–Kier alpha value is -1.47. The van der Waals surface area contributed by atoms with E-state index in [-0.39, 0.29) is 5.91 Å². The number of halogens is 1. The Morgan fingerprint density at radius 2 is 2.28 bits per heavy atom. The first-order valence-corrected chi connectivity index (χ1v) is 6.30. The van der Waals surface area contributed by atoms with Crippen LogP contribution < -0.4 is 11.1 Å². The molecule has 1 saturated heterocycles. The average molecular weight is 313 g/mol. The lowest BCUT2D eigenvalue weighted by Gasteiger charge is -2.34. The van der Waals surface area contributed by atoms with Crippen molar-refractivity contribution < 1.29 is 9.59 Å². The van der Waals surface area contributed by atoms with Crippen LogP contribution in [-0.2, 0) is 4.79 Å². The van der Waals surface area contributed by atoms with Crippen LogP contribution in [0.1, 0.15) is 10.4 Å². The number of amides is 2. The molecule has 0 radical (unpaired) electrons. The van der Waals surface area contributed by atoms with Gasteiger partial charge in [-0.2, -0.15) is 0 Å². The summed E-state index contributed by atoms with van der Waals surface area (Å²) in [5.74, 6) is -0.729. The molecule has 1 aromatic rings. The molecule has 2 amide bonds. The summed E-state index contributed by atoms with van der Waals surface area (Å²) >= 11 is 3.26. The molecule has 1 aromatic heterocycles. The van der Waals surface area contributed by atoms with E-state index >= 15 is 0 Å². The van der Waals surface area contributed by atoms with Crippen LogP contribution in [0.2, 0.25) is 0 Å². The number of nitrogens with one attached hydrogen (secondary N) is 1. The number of rotatable bonds is 2. The maximum Gasteiger partial charge on any atom is 0.256 e. The molecule has 96 valence electrons. The first kappa shape index (κ1) is 13.0.